The molecule has 5 nitrogen and oxygen atoms in total. The van der Waals surface area contributed by atoms with Gasteiger partial charge >= 0.3 is 0 Å². The zero-order valence-electron chi connectivity index (χ0n) is 10.1. The van der Waals surface area contributed by atoms with Crippen LogP contribution in [0, 0.1) is 0 Å². The average Bonchev–Trinajstić information content (AvgIpc) is 2.82. The molecule has 2 aliphatic heterocycles. The molecule has 2 aliphatic rings. The van der Waals surface area contributed by atoms with E-state index in [0.29, 0.717) is 12.1 Å². The topological polar surface area (TPSA) is 41.5 Å². The smallest absolute Gasteiger partial charge is 0.147 e. The predicted octanol–water partition coefficient (Wildman–Crippen LogP) is 0.386. The van der Waals surface area contributed by atoms with E-state index in [0.717, 1.165) is 38.6 Å². The fraction of sp³-hybridized carbons (Fsp3) is 0.667. The first kappa shape index (κ1) is 10.9. The van der Waals surface area contributed by atoms with E-state index in [9.17, 15) is 0 Å². The Bertz CT molecular complexity index is 372. The van der Waals surface area contributed by atoms with Crippen molar-refractivity contribution in [2.24, 2.45) is 0 Å². The van der Waals surface area contributed by atoms with Crippen LogP contribution in [0.4, 0.5) is 5.82 Å². The fourth-order valence-electron chi connectivity index (χ4n) is 2.75. The van der Waals surface area contributed by atoms with Crippen LogP contribution in [-0.2, 0) is 4.74 Å². The number of morpholine rings is 1. The van der Waals surface area contributed by atoms with Gasteiger partial charge in [0, 0.05) is 32.0 Å². The molecule has 0 saturated carbocycles. The highest BCUT2D eigenvalue weighted by molar-refractivity contribution is 5.38. The Balaban J connectivity index is 1.81. The number of likely N-dealkylation sites (tertiary alicyclic amines) is 1. The quantitative estimate of drug-likeness (QED) is 0.740. The van der Waals surface area contributed by atoms with Crippen LogP contribution in [0.1, 0.15) is 6.92 Å². The summed E-state index contributed by atoms with van der Waals surface area (Å²) in [7, 11) is 0. The number of likely N-dealkylation sites (N-methyl/N-ethyl adjacent to an activating group) is 1. The second kappa shape index (κ2) is 4.58. The van der Waals surface area contributed by atoms with Crippen molar-refractivity contribution in [2.75, 3.05) is 37.7 Å². The highest BCUT2D eigenvalue weighted by Crippen LogP contribution is 2.25. The fourth-order valence-corrected chi connectivity index (χ4v) is 2.75. The predicted molar refractivity (Wildman–Crippen MR) is 65.0 cm³/mol. The van der Waals surface area contributed by atoms with Crippen LogP contribution in [0.5, 0.6) is 0 Å². The summed E-state index contributed by atoms with van der Waals surface area (Å²) in [5.74, 6) is 0.976. The van der Waals surface area contributed by atoms with E-state index < -0.39 is 0 Å². The molecule has 92 valence electrons. The Kier molecular flexibility index (Phi) is 2.94. The molecule has 0 radical (unpaired) electrons. The van der Waals surface area contributed by atoms with Crippen molar-refractivity contribution in [3.05, 3.63) is 18.6 Å². The van der Waals surface area contributed by atoms with Crippen molar-refractivity contribution >= 4 is 5.82 Å². The Labute approximate surface area is 101 Å². The molecule has 1 aromatic rings. The van der Waals surface area contributed by atoms with Crippen molar-refractivity contribution in [1.82, 2.24) is 14.9 Å². The number of nitrogens with zero attached hydrogens (tertiary/aromatic N) is 4. The van der Waals surface area contributed by atoms with E-state index in [2.05, 4.69) is 26.7 Å². The Morgan fingerprint density at radius 2 is 2.35 bits per heavy atom. The van der Waals surface area contributed by atoms with Gasteiger partial charge in [0.25, 0.3) is 0 Å². The van der Waals surface area contributed by atoms with Gasteiger partial charge in [0.05, 0.1) is 24.9 Å². The summed E-state index contributed by atoms with van der Waals surface area (Å²) in [6, 6.07) is 0.431. The van der Waals surface area contributed by atoms with Gasteiger partial charge in [-0.2, -0.15) is 0 Å². The molecule has 3 heterocycles. The number of rotatable bonds is 2. The van der Waals surface area contributed by atoms with Gasteiger partial charge in [0.15, 0.2) is 0 Å². The maximum atomic E-state index is 5.85. The summed E-state index contributed by atoms with van der Waals surface area (Å²) in [4.78, 5) is 13.3. The largest absolute Gasteiger partial charge is 0.373 e. The van der Waals surface area contributed by atoms with Crippen LogP contribution in [0.25, 0.3) is 0 Å². The van der Waals surface area contributed by atoms with Crippen molar-refractivity contribution in [3.8, 4) is 0 Å². The van der Waals surface area contributed by atoms with Crippen LogP contribution in [-0.4, -0.2) is 59.8 Å². The van der Waals surface area contributed by atoms with Crippen LogP contribution in [0.3, 0.4) is 0 Å². The summed E-state index contributed by atoms with van der Waals surface area (Å²) in [6.45, 7) is 7.09. The number of hydrogen-bond acceptors (Lipinski definition) is 5. The third-order valence-electron chi connectivity index (χ3n) is 3.67. The highest BCUT2D eigenvalue weighted by Gasteiger charge is 2.40. The molecular formula is C12H18N4O. The average molecular weight is 234 g/mol. The molecule has 0 aromatic carbocycles. The summed E-state index contributed by atoms with van der Waals surface area (Å²) in [5, 5.41) is 0. The first-order valence-corrected chi connectivity index (χ1v) is 6.25. The van der Waals surface area contributed by atoms with Gasteiger partial charge in [-0.3, -0.25) is 9.88 Å². The lowest BCUT2D eigenvalue weighted by atomic mass is 10.1. The summed E-state index contributed by atoms with van der Waals surface area (Å²) < 4.78 is 5.85. The first-order valence-electron chi connectivity index (χ1n) is 6.25. The molecule has 0 N–H and O–H groups in total. The summed E-state index contributed by atoms with van der Waals surface area (Å²) >= 11 is 0. The molecule has 2 atom stereocenters. The number of aromatic nitrogens is 2. The minimum absolute atomic E-state index is 0.325. The third-order valence-corrected chi connectivity index (χ3v) is 3.67. The lowest BCUT2D eigenvalue weighted by Crippen LogP contribution is -2.51. The molecular weight excluding hydrogens is 216 g/mol. The maximum Gasteiger partial charge on any atom is 0.147 e. The van der Waals surface area contributed by atoms with E-state index in [4.69, 9.17) is 4.74 Å². The molecule has 5 heteroatoms. The number of hydrogen-bond donors (Lipinski definition) is 0. The van der Waals surface area contributed by atoms with Crippen LogP contribution >= 0.6 is 0 Å². The highest BCUT2D eigenvalue weighted by atomic mass is 16.5. The number of ether oxygens (including phenoxy) is 1. The lowest BCUT2D eigenvalue weighted by molar-refractivity contribution is 0.0308. The molecule has 2 fully saturated rings. The summed E-state index contributed by atoms with van der Waals surface area (Å²) in [5.41, 5.74) is 0. The van der Waals surface area contributed by atoms with E-state index in [-0.39, 0.29) is 0 Å². The minimum atomic E-state index is 0.325. The zero-order chi connectivity index (χ0) is 11.7. The molecule has 3 rings (SSSR count). The Morgan fingerprint density at radius 1 is 1.41 bits per heavy atom. The summed E-state index contributed by atoms with van der Waals surface area (Å²) in [6.07, 6.45) is 5.64. The van der Waals surface area contributed by atoms with Gasteiger partial charge in [-0.15, -0.1) is 0 Å². The second-order valence-corrected chi connectivity index (χ2v) is 4.59. The maximum absolute atomic E-state index is 5.85. The second-order valence-electron chi connectivity index (χ2n) is 4.59. The SMILES string of the molecule is CCN1C[C@@H]2OCCN(c3cnccn3)[C@@H]2C1. The monoisotopic (exact) mass is 234 g/mol. The number of fused-ring (bicyclic) bond motifs is 1. The molecule has 0 unspecified atom stereocenters. The van der Waals surface area contributed by atoms with Crippen molar-refractivity contribution in [2.45, 2.75) is 19.1 Å². The molecule has 0 amide bonds. The lowest BCUT2D eigenvalue weighted by Gasteiger charge is -2.37. The van der Waals surface area contributed by atoms with E-state index >= 15 is 0 Å². The Hall–Kier alpha value is -1.20. The van der Waals surface area contributed by atoms with Crippen molar-refractivity contribution in [1.29, 1.82) is 0 Å². The molecule has 2 saturated heterocycles. The van der Waals surface area contributed by atoms with Crippen LogP contribution in [0.2, 0.25) is 0 Å². The molecule has 0 bridgehead atoms. The van der Waals surface area contributed by atoms with Gasteiger partial charge in [0.2, 0.25) is 0 Å². The van der Waals surface area contributed by atoms with Gasteiger partial charge in [-0.1, -0.05) is 6.92 Å². The van der Waals surface area contributed by atoms with E-state index in [1.165, 1.54) is 0 Å². The standard InChI is InChI=1S/C12H18N4O/c1-2-15-8-10-11(9-15)17-6-5-16(10)12-7-13-3-4-14-12/h3-4,7,10-11H,2,5-6,8-9H2,1H3/t10-,11+/m1/s1. The van der Waals surface area contributed by atoms with Crippen LogP contribution in [0.15, 0.2) is 18.6 Å². The van der Waals surface area contributed by atoms with Gasteiger partial charge in [-0.25, -0.2) is 4.98 Å². The molecule has 0 spiro atoms. The van der Waals surface area contributed by atoms with Crippen molar-refractivity contribution in [3.63, 3.8) is 0 Å². The minimum Gasteiger partial charge on any atom is -0.373 e. The van der Waals surface area contributed by atoms with E-state index in [1.54, 1.807) is 12.4 Å². The molecule has 1 aromatic heterocycles. The van der Waals surface area contributed by atoms with Gasteiger partial charge in [-0.05, 0) is 6.54 Å². The first-order chi connectivity index (χ1) is 8.38. The van der Waals surface area contributed by atoms with Gasteiger partial charge < -0.3 is 9.64 Å². The molecule has 17 heavy (non-hydrogen) atoms. The van der Waals surface area contributed by atoms with Crippen LogP contribution < -0.4 is 4.90 Å². The third kappa shape index (κ3) is 2.00. The van der Waals surface area contributed by atoms with E-state index in [1.807, 2.05) is 6.20 Å². The zero-order valence-corrected chi connectivity index (χ0v) is 10.1. The number of anilines is 1. The Morgan fingerprint density at radius 3 is 3.12 bits per heavy atom. The van der Waals surface area contributed by atoms with Crippen molar-refractivity contribution < 1.29 is 4.74 Å². The van der Waals surface area contributed by atoms with Gasteiger partial charge in [0.1, 0.15) is 5.82 Å². The molecule has 0 aliphatic carbocycles. The normalized spacial score (nSPS) is 29.4.